The van der Waals surface area contributed by atoms with Crippen molar-refractivity contribution in [2.24, 2.45) is 0 Å². The largest absolute Gasteiger partial charge is 0.462 e. The van der Waals surface area contributed by atoms with Gasteiger partial charge in [-0.05, 0) is 18.1 Å². The van der Waals surface area contributed by atoms with Crippen LogP contribution in [0.15, 0.2) is 54.6 Å². The third-order valence-corrected chi connectivity index (χ3v) is 3.61. The predicted octanol–water partition coefficient (Wildman–Crippen LogP) is 2.92. The van der Waals surface area contributed by atoms with Crippen molar-refractivity contribution in [1.29, 1.82) is 0 Å². The molecule has 3 rings (SSSR count). The summed E-state index contributed by atoms with van der Waals surface area (Å²) in [7, 11) is 0. The van der Waals surface area contributed by atoms with Crippen molar-refractivity contribution in [3.05, 3.63) is 71.3 Å². The van der Waals surface area contributed by atoms with Crippen LogP contribution in [0.2, 0.25) is 0 Å². The quantitative estimate of drug-likeness (QED) is 0.850. The maximum absolute atomic E-state index is 12.0. The summed E-state index contributed by atoms with van der Waals surface area (Å²) < 4.78 is 5.34. The smallest absolute Gasteiger partial charge is 0.327 e. The number of carbonyl (C=O) groups excluding carboxylic acids is 1. The van der Waals surface area contributed by atoms with Gasteiger partial charge in [0.15, 0.2) is 0 Å². The van der Waals surface area contributed by atoms with Gasteiger partial charge in [0, 0.05) is 0 Å². The molecule has 0 aliphatic carbocycles. The van der Waals surface area contributed by atoms with E-state index in [1.165, 1.54) is 5.56 Å². The number of nitrogens with one attached hydrogen (secondary N) is 1. The minimum atomic E-state index is -0.394. The van der Waals surface area contributed by atoms with E-state index in [4.69, 9.17) is 4.74 Å². The summed E-state index contributed by atoms with van der Waals surface area (Å²) in [5.74, 6) is -0.207. The van der Waals surface area contributed by atoms with E-state index in [-0.39, 0.29) is 12.0 Å². The molecule has 3 heteroatoms. The SMILES string of the molecule is Cc1ccc(C2N[C@H](c3ccccc3)COC2=O)cc1. The molecule has 1 aliphatic heterocycles. The third kappa shape index (κ3) is 2.58. The molecule has 1 aliphatic rings. The van der Waals surface area contributed by atoms with Gasteiger partial charge in [-0.15, -0.1) is 0 Å². The number of cyclic esters (lactones) is 1. The summed E-state index contributed by atoms with van der Waals surface area (Å²) >= 11 is 0. The summed E-state index contributed by atoms with van der Waals surface area (Å²) in [5.41, 5.74) is 3.26. The Kier molecular flexibility index (Phi) is 3.52. The van der Waals surface area contributed by atoms with Crippen LogP contribution in [0.3, 0.4) is 0 Å². The van der Waals surface area contributed by atoms with Crippen molar-refractivity contribution in [3.63, 3.8) is 0 Å². The Morgan fingerprint density at radius 2 is 1.70 bits per heavy atom. The molecule has 1 saturated heterocycles. The number of hydrogen-bond acceptors (Lipinski definition) is 3. The Bertz CT molecular complexity index is 592. The average molecular weight is 267 g/mol. The molecule has 0 saturated carbocycles. The molecule has 2 aromatic rings. The molecular formula is C17H17NO2. The van der Waals surface area contributed by atoms with Crippen molar-refractivity contribution >= 4 is 5.97 Å². The van der Waals surface area contributed by atoms with Crippen molar-refractivity contribution in [2.75, 3.05) is 6.61 Å². The zero-order chi connectivity index (χ0) is 13.9. The molecule has 1 heterocycles. The number of esters is 1. The number of ether oxygens (including phenoxy) is 1. The normalized spacial score (nSPS) is 22.4. The van der Waals surface area contributed by atoms with E-state index in [0.717, 1.165) is 11.1 Å². The molecule has 0 radical (unpaired) electrons. The Labute approximate surface area is 118 Å². The predicted molar refractivity (Wildman–Crippen MR) is 77.2 cm³/mol. The van der Waals surface area contributed by atoms with Gasteiger partial charge in [0.05, 0.1) is 6.04 Å². The highest BCUT2D eigenvalue weighted by Gasteiger charge is 2.31. The second kappa shape index (κ2) is 5.47. The molecule has 0 bridgehead atoms. The minimum absolute atomic E-state index is 0.0419. The molecule has 0 aromatic heterocycles. The number of benzene rings is 2. The number of rotatable bonds is 2. The average Bonchev–Trinajstić information content (AvgIpc) is 2.50. The monoisotopic (exact) mass is 267 g/mol. The third-order valence-electron chi connectivity index (χ3n) is 3.61. The van der Waals surface area contributed by atoms with Gasteiger partial charge in [-0.25, -0.2) is 4.79 Å². The van der Waals surface area contributed by atoms with Gasteiger partial charge in [-0.3, -0.25) is 5.32 Å². The maximum Gasteiger partial charge on any atom is 0.327 e. The number of hydrogen-bond donors (Lipinski definition) is 1. The highest BCUT2D eigenvalue weighted by Crippen LogP contribution is 2.26. The van der Waals surface area contributed by atoms with Gasteiger partial charge < -0.3 is 4.74 Å². The lowest BCUT2D eigenvalue weighted by Crippen LogP contribution is -2.41. The van der Waals surface area contributed by atoms with E-state index >= 15 is 0 Å². The topological polar surface area (TPSA) is 38.3 Å². The van der Waals surface area contributed by atoms with E-state index < -0.39 is 6.04 Å². The highest BCUT2D eigenvalue weighted by molar-refractivity contribution is 5.78. The zero-order valence-corrected chi connectivity index (χ0v) is 11.4. The molecule has 1 fully saturated rings. The number of carbonyl (C=O) groups is 1. The van der Waals surface area contributed by atoms with Gasteiger partial charge in [0.1, 0.15) is 12.6 Å². The van der Waals surface area contributed by atoms with Crippen molar-refractivity contribution in [3.8, 4) is 0 Å². The van der Waals surface area contributed by atoms with Crippen molar-refractivity contribution in [1.82, 2.24) is 5.32 Å². The summed E-state index contributed by atoms with van der Waals surface area (Å²) in [6.45, 7) is 2.41. The van der Waals surface area contributed by atoms with E-state index in [9.17, 15) is 4.79 Å². The summed E-state index contributed by atoms with van der Waals surface area (Å²) in [6.07, 6.45) is 0. The molecule has 1 N–H and O–H groups in total. The summed E-state index contributed by atoms with van der Waals surface area (Å²) in [6, 6.07) is 17.7. The fourth-order valence-electron chi connectivity index (χ4n) is 2.44. The Hall–Kier alpha value is -2.13. The first-order valence-corrected chi connectivity index (χ1v) is 6.78. The van der Waals surface area contributed by atoms with Gasteiger partial charge in [-0.2, -0.15) is 0 Å². The molecular weight excluding hydrogens is 250 g/mol. The Balaban J connectivity index is 1.83. The van der Waals surface area contributed by atoms with Gasteiger partial charge >= 0.3 is 5.97 Å². The van der Waals surface area contributed by atoms with Crippen molar-refractivity contribution < 1.29 is 9.53 Å². The first-order chi connectivity index (χ1) is 9.74. The lowest BCUT2D eigenvalue weighted by atomic mass is 10.00. The molecule has 2 atom stereocenters. The Morgan fingerprint density at radius 3 is 2.40 bits per heavy atom. The number of aryl methyl sites for hydroxylation is 1. The molecule has 0 amide bonds. The second-order valence-corrected chi connectivity index (χ2v) is 5.10. The van der Waals surface area contributed by atoms with E-state index in [0.29, 0.717) is 6.61 Å². The molecule has 102 valence electrons. The molecule has 2 aromatic carbocycles. The second-order valence-electron chi connectivity index (χ2n) is 5.10. The Morgan fingerprint density at radius 1 is 1.00 bits per heavy atom. The van der Waals surface area contributed by atoms with Crippen LogP contribution < -0.4 is 5.32 Å². The van der Waals surface area contributed by atoms with Crippen LogP contribution in [-0.4, -0.2) is 12.6 Å². The number of morpholine rings is 1. The fourth-order valence-corrected chi connectivity index (χ4v) is 2.44. The van der Waals surface area contributed by atoms with E-state index in [1.54, 1.807) is 0 Å². The lowest BCUT2D eigenvalue weighted by molar-refractivity contribution is -0.152. The molecule has 1 unspecified atom stereocenters. The van der Waals surface area contributed by atoms with Crippen molar-refractivity contribution in [2.45, 2.75) is 19.0 Å². The van der Waals surface area contributed by atoms with Crippen LogP contribution in [0, 0.1) is 6.92 Å². The lowest BCUT2D eigenvalue weighted by Gasteiger charge is -2.30. The highest BCUT2D eigenvalue weighted by atomic mass is 16.5. The van der Waals surface area contributed by atoms with E-state index in [1.807, 2.05) is 61.5 Å². The standard InChI is InChI=1S/C17H17NO2/c1-12-7-9-14(10-8-12)16-17(19)20-11-15(18-16)13-5-3-2-4-6-13/h2-10,15-16,18H,11H2,1H3/t15-,16?/m0/s1. The molecule has 3 nitrogen and oxygen atoms in total. The van der Waals surface area contributed by atoms with Gasteiger partial charge in [0.25, 0.3) is 0 Å². The van der Waals surface area contributed by atoms with Crippen LogP contribution in [0.1, 0.15) is 28.8 Å². The molecule has 20 heavy (non-hydrogen) atoms. The van der Waals surface area contributed by atoms with Crippen LogP contribution in [0.25, 0.3) is 0 Å². The fraction of sp³-hybridized carbons (Fsp3) is 0.235. The van der Waals surface area contributed by atoms with Crippen LogP contribution in [0.5, 0.6) is 0 Å². The van der Waals surface area contributed by atoms with Gasteiger partial charge in [0.2, 0.25) is 0 Å². The first-order valence-electron chi connectivity index (χ1n) is 6.78. The summed E-state index contributed by atoms with van der Waals surface area (Å²) in [5, 5.41) is 3.38. The maximum atomic E-state index is 12.0. The molecule has 0 spiro atoms. The van der Waals surface area contributed by atoms with Crippen LogP contribution in [-0.2, 0) is 9.53 Å². The zero-order valence-electron chi connectivity index (χ0n) is 11.4. The summed E-state index contributed by atoms with van der Waals surface area (Å²) in [4.78, 5) is 12.0. The van der Waals surface area contributed by atoms with Crippen LogP contribution in [0.4, 0.5) is 0 Å². The van der Waals surface area contributed by atoms with E-state index in [2.05, 4.69) is 5.32 Å². The van der Waals surface area contributed by atoms with Crippen LogP contribution >= 0.6 is 0 Å². The first kappa shape index (κ1) is 12.9. The minimum Gasteiger partial charge on any atom is -0.462 e. The van der Waals surface area contributed by atoms with Gasteiger partial charge in [-0.1, -0.05) is 60.2 Å².